The summed E-state index contributed by atoms with van der Waals surface area (Å²) in [6.45, 7) is 1.47. The van der Waals surface area contributed by atoms with E-state index in [-0.39, 0.29) is 5.92 Å². The molecule has 2 aliphatic heterocycles. The SMILES string of the molecule is O=C(C1CCOC1)C1CCSC1. The summed E-state index contributed by atoms with van der Waals surface area (Å²) in [5.74, 6) is 3.27. The average Bonchev–Trinajstić information content (AvgIpc) is 2.77. The van der Waals surface area contributed by atoms with E-state index < -0.39 is 0 Å². The van der Waals surface area contributed by atoms with Crippen molar-refractivity contribution in [2.24, 2.45) is 11.8 Å². The number of rotatable bonds is 2. The molecule has 0 aromatic carbocycles. The number of ether oxygens (including phenoxy) is 1. The predicted molar refractivity (Wildman–Crippen MR) is 49.4 cm³/mol. The van der Waals surface area contributed by atoms with Crippen molar-refractivity contribution in [1.29, 1.82) is 0 Å². The first-order chi connectivity index (χ1) is 5.88. The smallest absolute Gasteiger partial charge is 0.142 e. The topological polar surface area (TPSA) is 26.3 Å². The van der Waals surface area contributed by atoms with Gasteiger partial charge in [-0.3, -0.25) is 4.79 Å². The maximum absolute atomic E-state index is 11.8. The highest BCUT2D eigenvalue weighted by Gasteiger charge is 2.31. The average molecular weight is 186 g/mol. The molecule has 2 nitrogen and oxygen atoms in total. The van der Waals surface area contributed by atoms with Crippen molar-refractivity contribution in [1.82, 2.24) is 0 Å². The fourth-order valence-corrected chi connectivity index (χ4v) is 3.08. The lowest BCUT2D eigenvalue weighted by Gasteiger charge is -2.11. The number of Topliss-reactive ketones (excluding diaryl/α,β-unsaturated/α-hetero) is 1. The lowest BCUT2D eigenvalue weighted by atomic mass is 9.92. The van der Waals surface area contributed by atoms with E-state index in [0.717, 1.165) is 25.2 Å². The predicted octanol–water partition coefficient (Wildman–Crippen LogP) is 1.35. The van der Waals surface area contributed by atoms with Gasteiger partial charge in [-0.05, 0) is 18.6 Å². The van der Waals surface area contributed by atoms with Gasteiger partial charge in [-0.2, -0.15) is 11.8 Å². The van der Waals surface area contributed by atoms with Crippen LogP contribution in [0.1, 0.15) is 12.8 Å². The van der Waals surface area contributed by atoms with Gasteiger partial charge in [0.2, 0.25) is 0 Å². The Labute approximate surface area is 77.0 Å². The van der Waals surface area contributed by atoms with Gasteiger partial charge in [0.15, 0.2) is 0 Å². The van der Waals surface area contributed by atoms with Crippen LogP contribution in [0.2, 0.25) is 0 Å². The molecule has 2 saturated heterocycles. The first kappa shape index (κ1) is 8.57. The van der Waals surface area contributed by atoms with E-state index in [2.05, 4.69) is 0 Å². The maximum atomic E-state index is 11.8. The van der Waals surface area contributed by atoms with E-state index in [0.29, 0.717) is 18.3 Å². The highest BCUT2D eigenvalue weighted by molar-refractivity contribution is 7.99. The van der Waals surface area contributed by atoms with Gasteiger partial charge >= 0.3 is 0 Å². The molecular weight excluding hydrogens is 172 g/mol. The second kappa shape index (κ2) is 3.79. The number of thioether (sulfide) groups is 1. The van der Waals surface area contributed by atoms with Gasteiger partial charge in [-0.25, -0.2) is 0 Å². The molecule has 2 rings (SSSR count). The summed E-state index contributed by atoms with van der Waals surface area (Å²) in [7, 11) is 0. The van der Waals surface area contributed by atoms with Crippen molar-refractivity contribution in [3.8, 4) is 0 Å². The highest BCUT2D eigenvalue weighted by atomic mass is 32.2. The molecule has 0 radical (unpaired) electrons. The van der Waals surface area contributed by atoms with Gasteiger partial charge in [0.1, 0.15) is 5.78 Å². The third kappa shape index (κ3) is 1.67. The molecule has 0 aliphatic carbocycles. The minimum Gasteiger partial charge on any atom is -0.381 e. The minimum atomic E-state index is 0.230. The van der Waals surface area contributed by atoms with Crippen LogP contribution in [0.25, 0.3) is 0 Å². The fourth-order valence-electron chi connectivity index (χ4n) is 1.85. The number of ketones is 1. The minimum absolute atomic E-state index is 0.230. The van der Waals surface area contributed by atoms with Crippen LogP contribution in [-0.4, -0.2) is 30.5 Å². The Morgan fingerprint density at radius 1 is 1.33 bits per heavy atom. The first-order valence-electron chi connectivity index (χ1n) is 4.57. The zero-order valence-corrected chi connectivity index (χ0v) is 7.94. The van der Waals surface area contributed by atoms with Gasteiger partial charge in [0, 0.05) is 24.2 Å². The first-order valence-corrected chi connectivity index (χ1v) is 5.72. The van der Waals surface area contributed by atoms with Gasteiger partial charge in [0.05, 0.1) is 6.61 Å². The Morgan fingerprint density at radius 2 is 2.25 bits per heavy atom. The van der Waals surface area contributed by atoms with Crippen LogP contribution in [0.3, 0.4) is 0 Å². The van der Waals surface area contributed by atoms with Crippen molar-refractivity contribution in [2.45, 2.75) is 12.8 Å². The molecule has 3 heteroatoms. The summed E-state index contributed by atoms with van der Waals surface area (Å²) in [5, 5.41) is 0. The molecule has 68 valence electrons. The van der Waals surface area contributed by atoms with Gasteiger partial charge in [0.25, 0.3) is 0 Å². The molecule has 0 N–H and O–H groups in total. The van der Waals surface area contributed by atoms with Gasteiger partial charge in [-0.15, -0.1) is 0 Å². The summed E-state index contributed by atoms with van der Waals surface area (Å²) >= 11 is 1.91. The Bertz CT molecular complexity index is 151. The summed E-state index contributed by atoms with van der Waals surface area (Å²) in [6.07, 6.45) is 2.06. The second-order valence-electron chi connectivity index (χ2n) is 3.52. The molecule has 2 atom stereocenters. The number of hydrogen-bond acceptors (Lipinski definition) is 3. The van der Waals surface area contributed by atoms with Crippen LogP contribution in [0, 0.1) is 11.8 Å². The molecular formula is C9H14O2S. The maximum Gasteiger partial charge on any atom is 0.142 e. The van der Waals surface area contributed by atoms with E-state index in [4.69, 9.17) is 4.74 Å². The third-order valence-corrected chi connectivity index (χ3v) is 3.83. The van der Waals surface area contributed by atoms with Crippen LogP contribution >= 0.6 is 11.8 Å². The molecule has 0 bridgehead atoms. The molecule has 0 saturated carbocycles. The fraction of sp³-hybridized carbons (Fsp3) is 0.889. The number of carbonyl (C=O) groups is 1. The molecule has 0 aromatic heterocycles. The lowest BCUT2D eigenvalue weighted by Crippen LogP contribution is -2.23. The standard InChI is InChI=1S/C9H14O2S/c10-9(7-1-3-11-5-7)8-2-4-12-6-8/h7-8H,1-6H2. The van der Waals surface area contributed by atoms with E-state index in [1.165, 1.54) is 5.75 Å². The molecule has 2 unspecified atom stereocenters. The third-order valence-electron chi connectivity index (χ3n) is 2.66. The molecule has 2 fully saturated rings. The molecule has 2 heterocycles. The highest BCUT2D eigenvalue weighted by Crippen LogP contribution is 2.28. The van der Waals surface area contributed by atoms with E-state index >= 15 is 0 Å². The van der Waals surface area contributed by atoms with Gasteiger partial charge < -0.3 is 4.74 Å². The van der Waals surface area contributed by atoms with E-state index in [1.807, 2.05) is 11.8 Å². The summed E-state index contributed by atoms with van der Waals surface area (Å²) in [6, 6.07) is 0. The quantitative estimate of drug-likeness (QED) is 0.651. The van der Waals surface area contributed by atoms with Crippen molar-refractivity contribution in [3.05, 3.63) is 0 Å². The van der Waals surface area contributed by atoms with Crippen molar-refractivity contribution in [3.63, 3.8) is 0 Å². The van der Waals surface area contributed by atoms with Crippen molar-refractivity contribution in [2.75, 3.05) is 24.7 Å². The number of carbonyl (C=O) groups excluding carboxylic acids is 1. The Kier molecular flexibility index (Phi) is 2.71. The van der Waals surface area contributed by atoms with Crippen LogP contribution in [-0.2, 0) is 9.53 Å². The molecule has 0 spiro atoms. The lowest BCUT2D eigenvalue weighted by molar-refractivity contribution is -0.126. The van der Waals surface area contributed by atoms with E-state index in [1.54, 1.807) is 0 Å². The van der Waals surface area contributed by atoms with Crippen LogP contribution in [0.4, 0.5) is 0 Å². The zero-order chi connectivity index (χ0) is 8.39. The van der Waals surface area contributed by atoms with Crippen LogP contribution in [0.15, 0.2) is 0 Å². The zero-order valence-electron chi connectivity index (χ0n) is 7.12. The molecule has 2 aliphatic rings. The molecule has 12 heavy (non-hydrogen) atoms. The summed E-state index contributed by atoms with van der Waals surface area (Å²) < 4.78 is 5.21. The second-order valence-corrected chi connectivity index (χ2v) is 4.67. The van der Waals surface area contributed by atoms with E-state index in [9.17, 15) is 4.79 Å². The summed E-state index contributed by atoms with van der Waals surface area (Å²) in [4.78, 5) is 11.8. The Balaban J connectivity index is 1.89. The molecule has 0 amide bonds. The Hall–Kier alpha value is -0.0200. The monoisotopic (exact) mass is 186 g/mol. The summed E-state index contributed by atoms with van der Waals surface area (Å²) in [5.41, 5.74) is 0. The van der Waals surface area contributed by atoms with Crippen LogP contribution in [0.5, 0.6) is 0 Å². The normalized spacial score (nSPS) is 35.7. The van der Waals surface area contributed by atoms with Gasteiger partial charge in [-0.1, -0.05) is 0 Å². The van der Waals surface area contributed by atoms with Crippen LogP contribution < -0.4 is 0 Å². The Morgan fingerprint density at radius 3 is 2.83 bits per heavy atom. The van der Waals surface area contributed by atoms with Crippen molar-refractivity contribution >= 4 is 17.5 Å². The number of hydrogen-bond donors (Lipinski definition) is 0. The largest absolute Gasteiger partial charge is 0.381 e. The molecule has 0 aromatic rings. The van der Waals surface area contributed by atoms with Crippen molar-refractivity contribution < 1.29 is 9.53 Å².